The molecule has 140 valence electrons. The fourth-order valence-corrected chi connectivity index (χ4v) is 2.59. The molecule has 0 spiro atoms. The van der Waals surface area contributed by atoms with Gasteiger partial charge in [-0.3, -0.25) is 14.6 Å². The van der Waals surface area contributed by atoms with Gasteiger partial charge in [0, 0.05) is 23.0 Å². The zero-order valence-electron chi connectivity index (χ0n) is 13.9. The van der Waals surface area contributed by atoms with Gasteiger partial charge in [-0.25, -0.2) is 0 Å². The van der Waals surface area contributed by atoms with E-state index in [1.165, 1.54) is 6.07 Å². The van der Waals surface area contributed by atoms with Crippen LogP contribution in [0, 0.1) is 0 Å². The molecule has 2 aromatic heterocycles. The first kappa shape index (κ1) is 18.9. The molecule has 0 saturated heterocycles. The van der Waals surface area contributed by atoms with Gasteiger partial charge in [-0.2, -0.15) is 13.2 Å². The lowest BCUT2D eigenvalue weighted by Crippen LogP contribution is -2.12. The van der Waals surface area contributed by atoms with Crippen molar-refractivity contribution in [2.45, 2.75) is 19.5 Å². The van der Waals surface area contributed by atoms with Gasteiger partial charge < -0.3 is 9.72 Å². The van der Waals surface area contributed by atoms with Crippen molar-refractivity contribution in [2.75, 3.05) is 0 Å². The SMILES string of the molecule is CCC(=O)Oc1c(C(=O)c2ccc(C(F)(F)F)cn2)[nH]c2cc(Cl)ccc12. The number of nitrogens with zero attached hydrogens (tertiary/aromatic N) is 1. The van der Waals surface area contributed by atoms with Crippen molar-refractivity contribution in [1.29, 1.82) is 0 Å². The zero-order chi connectivity index (χ0) is 19.8. The predicted molar refractivity (Wildman–Crippen MR) is 91.9 cm³/mol. The minimum absolute atomic E-state index is 0.0137. The number of hydrogen-bond donors (Lipinski definition) is 1. The van der Waals surface area contributed by atoms with Gasteiger partial charge in [-0.1, -0.05) is 18.5 Å². The summed E-state index contributed by atoms with van der Waals surface area (Å²) in [7, 11) is 0. The minimum atomic E-state index is -4.56. The molecule has 0 aliphatic rings. The van der Waals surface area contributed by atoms with Crippen LogP contribution in [0.5, 0.6) is 5.75 Å². The van der Waals surface area contributed by atoms with Crippen molar-refractivity contribution in [2.24, 2.45) is 0 Å². The normalized spacial score (nSPS) is 11.6. The fourth-order valence-electron chi connectivity index (χ4n) is 2.42. The van der Waals surface area contributed by atoms with Crippen molar-refractivity contribution in [1.82, 2.24) is 9.97 Å². The Hall–Kier alpha value is -2.87. The van der Waals surface area contributed by atoms with Gasteiger partial charge in [-0.05, 0) is 30.3 Å². The Morgan fingerprint density at radius 2 is 1.96 bits per heavy atom. The van der Waals surface area contributed by atoms with Gasteiger partial charge in [0.05, 0.1) is 11.1 Å². The van der Waals surface area contributed by atoms with Crippen LogP contribution in [0.15, 0.2) is 36.5 Å². The highest BCUT2D eigenvalue weighted by Crippen LogP contribution is 2.34. The molecular weight excluding hydrogens is 385 g/mol. The molecule has 0 unspecified atom stereocenters. The number of alkyl halides is 3. The summed E-state index contributed by atoms with van der Waals surface area (Å²) in [6.45, 7) is 1.59. The highest BCUT2D eigenvalue weighted by Gasteiger charge is 2.31. The number of hydrogen-bond acceptors (Lipinski definition) is 4. The molecule has 5 nitrogen and oxygen atoms in total. The van der Waals surface area contributed by atoms with E-state index in [-0.39, 0.29) is 23.6 Å². The summed E-state index contributed by atoms with van der Waals surface area (Å²) in [5.41, 5.74) is -0.854. The molecule has 0 bridgehead atoms. The van der Waals surface area contributed by atoms with Crippen LogP contribution in [-0.2, 0) is 11.0 Å². The highest BCUT2D eigenvalue weighted by molar-refractivity contribution is 6.31. The third-order valence-corrected chi connectivity index (χ3v) is 4.00. The molecule has 0 amide bonds. The Morgan fingerprint density at radius 3 is 2.56 bits per heavy atom. The molecule has 0 aliphatic carbocycles. The number of halogens is 4. The number of carbonyl (C=O) groups excluding carboxylic acids is 2. The van der Waals surface area contributed by atoms with Gasteiger partial charge in [0.1, 0.15) is 11.4 Å². The van der Waals surface area contributed by atoms with Gasteiger partial charge in [0.15, 0.2) is 5.75 Å². The molecule has 0 fully saturated rings. The largest absolute Gasteiger partial charge is 0.423 e. The number of aromatic nitrogens is 2. The molecule has 0 atom stereocenters. The second-order valence-corrected chi connectivity index (χ2v) is 6.04. The van der Waals surface area contributed by atoms with E-state index in [4.69, 9.17) is 16.3 Å². The summed E-state index contributed by atoms with van der Waals surface area (Å²) in [6, 6.07) is 6.40. The maximum atomic E-state index is 12.8. The first-order valence-corrected chi connectivity index (χ1v) is 8.18. The van der Waals surface area contributed by atoms with Crippen LogP contribution in [0.2, 0.25) is 5.02 Å². The summed E-state index contributed by atoms with van der Waals surface area (Å²) >= 11 is 5.94. The van der Waals surface area contributed by atoms with Crippen LogP contribution in [0.4, 0.5) is 13.2 Å². The number of pyridine rings is 1. The van der Waals surface area contributed by atoms with Gasteiger partial charge in [0.25, 0.3) is 0 Å². The molecule has 0 saturated carbocycles. The predicted octanol–water partition coefficient (Wildman–Crippen LogP) is 4.78. The molecule has 1 aromatic carbocycles. The van der Waals surface area contributed by atoms with Crippen LogP contribution >= 0.6 is 11.6 Å². The number of H-pyrrole nitrogens is 1. The molecule has 1 N–H and O–H groups in total. The first-order chi connectivity index (χ1) is 12.7. The Labute approximate surface area is 156 Å². The number of aromatic amines is 1. The van der Waals surface area contributed by atoms with Crippen LogP contribution in [0.1, 0.15) is 35.1 Å². The Morgan fingerprint density at radius 1 is 1.22 bits per heavy atom. The smallest absolute Gasteiger partial charge is 0.417 e. The van der Waals surface area contributed by atoms with Gasteiger partial charge in [0.2, 0.25) is 5.78 Å². The molecule has 9 heteroatoms. The maximum absolute atomic E-state index is 12.8. The average Bonchev–Trinajstić information content (AvgIpc) is 2.97. The second-order valence-electron chi connectivity index (χ2n) is 5.61. The van der Waals surface area contributed by atoms with Crippen molar-refractivity contribution in [3.63, 3.8) is 0 Å². The van der Waals surface area contributed by atoms with Crippen molar-refractivity contribution >= 4 is 34.3 Å². The number of esters is 1. The number of ketones is 1. The number of rotatable bonds is 4. The van der Waals surface area contributed by atoms with Crippen LogP contribution in [-0.4, -0.2) is 21.7 Å². The van der Waals surface area contributed by atoms with Crippen molar-refractivity contribution in [3.05, 3.63) is 58.5 Å². The molecule has 2 heterocycles. The van der Waals surface area contributed by atoms with E-state index < -0.39 is 23.5 Å². The Bertz CT molecular complexity index is 1030. The van der Waals surface area contributed by atoms with E-state index in [0.29, 0.717) is 22.1 Å². The topological polar surface area (TPSA) is 72.1 Å². The summed E-state index contributed by atoms with van der Waals surface area (Å²) < 4.78 is 43.3. The summed E-state index contributed by atoms with van der Waals surface area (Å²) in [5, 5.41) is 0.834. The minimum Gasteiger partial charge on any atom is -0.423 e. The van der Waals surface area contributed by atoms with Crippen LogP contribution in [0.3, 0.4) is 0 Å². The Balaban J connectivity index is 2.07. The van der Waals surface area contributed by atoms with E-state index >= 15 is 0 Å². The number of benzene rings is 1. The highest BCUT2D eigenvalue weighted by atomic mass is 35.5. The first-order valence-electron chi connectivity index (χ1n) is 7.80. The number of ether oxygens (including phenoxy) is 1. The monoisotopic (exact) mass is 396 g/mol. The van der Waals surface area contributed by atoms with Crippen molar-refractivity contribution in [3.8, 4) is 5.75 Å². The average molecular weight is 397 g/mol. The number of nitrogens with one attached hydrogen (secondary N) is 1. The number of carbonyl (C=O) groups is 2. The fraction of sp³-hybridized carbons (Fsp3) is 0.167. The van der Waals surface area contributed by atoms with E-state index in [2.05, 4.69) is 9.97 Å². The third-order valence-electron chi connectivity index (χ3n) is 3.77. The van der Waals surface area contributed by atoms with E-state index in [9.17, 15) is 22.8 Å². The Kier molecular flexibility index (Phi) is 4.93. The van der Waals surface area contributed by atoms with Gasteiger partial charge >= 0.3 is 12.1 Å². The molecule has 27 heavy (non-hydrogen) atoms. The lowest BCUT2D eigenvalue weighted by Gasteiger charge is -2.07. The molecule has 3 aromatic rings. The molecule has 3 rings (SSSR count). The summed E-state index contributed by atoms with van der Waals surface area (Å²) in [5.74, 6) is -1.30. The quantitative estimate of drug-likeness (QED) is 0.508. The number of fused-ring (bicyclic) bond motifs is 1. The molecule has 0 aliphatic heterocycles. The van der Waals surface area contributed by atoms with Gasteiger partial charge in [-0.15, -0.1) is 0 Å². The molecular formula is C18H12ClF3N2O3. The van der Waals surface area contributed by atoms with E-state index in [0.717, 1.165) is 12.1 Å². The van der Waals surface area contributed by atoms with Crippen molar-refractivity contribution < 1.29 is 27.5 Å². The lowest BCUT2D eigenvalue weighted by molar-refractivity contribution is -0.138. The second kappa shape index (κ2) is 7.03. The van der Waals surface area contributed by atoms with Crippen LogP contribution in [0.25, 0.3) is 10.9 Å². The standard InChI is InChI=1S/C18H12ClF3N2O3/c1-2-14(25)27-17-11-5-4-10(19)7-13(11)24-15(17)16(26)12-6-3-9(8-23-12)18(20,21)22/h3-8,24H,2H2,1H3. The summed E-state index contributed by atoms with van der Waals surface area (Å²) in [6.07, 6.45) is -3.91. The van der Waals surface area contributed by atoms with E-state index in [1.54, 1.807) is 19.1 Å². The summed E-state index contributed by atoms with van der Waals surface area (Å²) in [4.78, 5) is 30.9. The maximum Gasteiger partial charge on any atom is 0.417 e. The molecule has 0 radical (unpaired) electrons. The zero-order valence-corrected chi connectivity index (χ0v) is 14.6. The van der Waals surface area contributed by atoms with E-state index in [1.807, 2.05) is 0 Å². The van der Waals surface area contributed by atoms with Crippen LogP contribution < -0.4 is 4.74 Å². The third kappa shape index (κ3) is 3.80. The lowest BCUT2D eigenvalue weighted by atomic mass is 10.1.